The minimum atomic E-state index is 0.328. The maximum atomic E-state index is 9.65. The highest BCUT2D eigenvalue weighted by Crippen LogP contribution is 2.30. The number of fused-ring (bicyclic) bond motifs is 1. The average Bonchev–Trinajstić information content (AvgIpc) is 2.41. The van der Waals surface area contributed by atoms with Crippen LogP contribution >= 0.6 is 0 Å². The molecule has 0 radical (unpaired) electrons. The summed E-state index contributed by atoms with van der Waals surface area (Å²) >= 11 is 0. The van der Waals surface area contributed by atoms with Crippen molar-refractivity contribution in [1.29, 1.82) is 0 Å². The molecule has 0 saturated heterocycles. The third-order valence-electron chi connectivity index (χ3n) is 2.76. The Morgan fingerprint density at radius 2 is 2.00 bits per heavy atom. The Bertz CT molecular complexity index is 481. The largest absolute Gasteiger partial charge is 0.508 e. The number of rotatable bonds is 1. The van der Waals surface area contributed by atoms with Crippen LogP contribution in [0.3, 0.4) is 0 Å². The second kappa shape index (κ2) is 3.05. The highest BCUT2D eigenvalue weighted by Gasteiger charge is 2.09. The van der Waals surface area contributed by atoms with Gasteiger partial charge in [-0.2, -0.15) is 0 Å². The van der Waals surface area contributed by atoms with E-state index in [1.165, 1.54) is 0 Å². The first-order valence-corrected chi connectivity index (χ1v) is 4.85. The van der Waals surface area contributed by atoms with E-state index in [9.17, 15) is 5.11 Å². The Hall–Kier alpha value is -1.44. The highest BCUT2D eigenvalue weighted by molar-refractivity contribution is 5.84. The van der Waals surface area contributed by atoms with Gasteiger partial charge in [0.25, 0.3) is 0 Å². The quantitative estimate of drug-likeness (QED) is 0.748. The summed E-state index contributed by atoms with van der Waals surface area (Å²) in [5.41, 5.74) is 2.91. The Labute approximate surface area is 83.2 Å². The van der Waals surface area contributed by atoms with Crippen molar-refractivity contribution in [3.05, 3.63) is 29.0 Å². The van der Waals surface area contributed by atoms with E-state index in [0.29, 0.717) is 5.75 Å². The standard InChI is InChI=1S/C12H14O2/c1-4-9-5-10-7(2)8(3)14-12(10)6-11(9)13/h5-6,13H,4H2,1-3H3. The lowest BCUT2D eigenvalue weighted by Gasteiger charge is -2.00. The molecule has 2 nitrogen and oxygen atoms in total. The van der Waals surface area contributed by atoms with Crippen LogP contribution in [0.5, 0.6) is 5.75 Å². The van der Waals surface area contributed by atoms with Crippen LogP contribution in [0.1, 0.15) is 23.8 Å². The molecule has 1 aromatic heterocycles. The summed E-state index contributed by atoms with van der Waals surface area (Å²) in [6.07, 6.45) is 0.839. The summed E-state index contributed by atoms with van der Waals surface area (Å²) in [5, 5.41) is 10.8. The van der Waals surface area contributed by atoms with E-state index in [2.05, 4.69) is 0 Å². The molecule has 14 heavy (non-hydrogen) atoms. The topological polar surface area (TPSA) is 33.4 Å². The molecule has 74 valence electrons. The van der Waals surface area contributed by atoms with Crippen molar-refractivity contribution in [2.24, 2.45) is 0 Å². The molecule has 2 rings (SSSR count). The molecule has 1 heterocycles. The van der Waals surface area contributed by atoms with Crippen LogP contribution in [0.15, 0.2) is 16.5 Å². The third kappa shape index (κ3) is 1.18. The Morgan fingerprint density at radius 1 is 1.29 bits per heavy atom. The minimum Gasteiger partial charge on any atom is -0.508 e. The number of phenolic OH excluding ortho intramolecular Hbond substituents is 1. The molecule has 0 atom stereocenters. The number of phenols is 1. The van der Waals surface area contributed by atoms with Gasteiger partial charge in [-0.15, -0.1) is 0 Å². The second-order valence-corrected chi connectivity index (χ2v) is 3.61. The van der Waals surface area contributed by atoms with Gasteiger partial charge in [0.1, 0.15) is 17.1 Å². The van der Waals surface area contributed by atoms with Gasteiger partial charge in [0.2, 0.25) is 0 Å². The van der Waals surface area contributed by atoms with Crippen LogP contribution in [0, 0.1) is 13.8 Å². The first-order valence-electron chi connectivity index (χ1n) is 4.85. The SMILES string of the molecule is CCc1cc2c(C)c(C)oc2cc1O. The number of hydrogen-bond donors (Lipinski definition) is 1. The lowest BCUT2D eigenvalue weighted by molar-refractivity contribution is 0.467. The number of aryl methyl sites for hydroxylation is 3. The van der Waals surface area contributed by atoms with Crippen molar-refractivity contribution in [3.8, 4) is 5.75 Å². The van der Waals surface area contributed by atoms with Gasteiger partial charge >= 0.3 is 0 Å². The normalized spacial score (nSPS) is 11.1. The number of benzene rings is 1. The molecule has 0 aliphatic carbocycles. The lowest BCUT2D eigenvalue weighted by Crippen LogP contribution is -1.81. The van der Waals surface area contributed by atoms with Crippen molar-refractivity contribution in [3.63, 3.8) is 0 Å². The second-order valence-electron chi connectivity index (χ2n) is 3.61. The number of aromatic hydroxyl groups is 1. The Kier molecular flexibility index (Phi) is 1.99. The Balaban J connectivity index is 2.80. The van der Waals surface area contributed by atoms with E-state index in [0.717, 1.165) is 34.3 Å². The van der Waals surface area contributed by atoms with Crippen LogP contribution in [0.25, 0.3) is 11.0 Å². The number of hydrogen-bond acceptors (Lipinski definition) is 2. The van der Waals surface area contributed by atoms with Crippen LogP contribution in [-0.4, -0.2) is 5.11 Å². The van der Waals surface area contributed by atoms with E-state index in [1.54, 1.807) is 6.07 Å². The predicted molar refractivity (Wildman–Crippen MR) is 56.7 cm³/mol. The summed E-state index contributed by atoms with van der Waals surface area (Å²) in [6, 6.07) is 3.71. The van der Waals surface area contributed by atoms with Gasteiger partial charge in [-0.3, -0.25) is 0 Å². The molecule has 0 spiro atoms. The average molecular weight is 190 g/mol. The minimum absolute atomic E-state index is 0.328. The molecule has 0 aliphatic heterocycles. The third-order valence-corrected chi connectivity index (χ3v) is 2.76. The molecule has 1 aromatic carbocycles. The zero-order chi connectivity index (χ0) is 10.3. The molecule has 1 N–H and O–H groups in total. The molecular formula is C12H14O2. The van der Waals surface area contributed by atoms with E-state index in [-0.39, 0.29) is 0 Å². The van der Waals surface area contributed by atoms with Gasteiger partial charge < -0.3 is 9.52 Å². The fraction of sp³-hybridized carbons (Fsp3) is 0.333. The molecule has 0 unspecified atom stereocenters. The van der Waals surface area contributed by atoms with Crippen LogP contribution in [0.2, 0.25) is 0 Å². The van der Waals surface area contributed by atoms with Crippen molar-refractivity contribution < 1.29 is 9.52 Å². The van der Waals surface area contributed by atoms with Gasteiger partial charge in [-0.05, 0) is 37.5 Å². The summed E-state index contributed by atoms with van der Waals surface area (Å²) in [7, 11) is 0. The van der Waals surface area contributed by atoms with Gasteiger partial charge in [-0.25, -0.2) is 0 Å². The molecule has 0 saturated carbocycles. The summed E-state index contributed by atoms with van der Waals surface area (Å²) < 4.78 is 5.52. The zero-order valence-corrected chi connectivity index (χ0v) is 8.72. The molecular weight excluding hydrogens is 176 g/mol. The smallest absolute Gasteiger partial charge is 0.138 e. The van der Waals surface area contributed by atoms with E-state index >= 15 is 0 Å². The van der Waals surface area contributed by atoms with E-state index in [1.807, 2.05) is 26.8 Å². The van der Waals surface area contributed by atoms with Gasteiger partial charge in [0, 0.05) is 11.5 Å². The number of furan rings is 1. The van der Waals surface area contributed by atoms with Crippen LogP contribution in [0.4, 0.5) is 0 Å². The maximum Gasteiger partial charge on any atom is 0.138 e. The monoisotopic (exact) mass is 190 g/mol. The fourth-order valence-corrected chi connectivity index (χ4v) is 1.71. The molecule has 0 amide bonds. The summed E-state index contributed by atoms with van der Waals surface area (Å²) in [6.45, 7) is 6.01. The zero-order valence-electron chi connectivity index (χ0n) is 8.72. The van der Waals surface area contributed by atoms with Crippen molar-refractivity contribution in [2.75, 3.05) is 0 Å². The van der Waals surface area contributed by atoms with Crippen molar-refractivity contribution in [2.45, 2.75) is 27.2 Å². The molecule has 0 bridgehead atoms. The first-order chi connectivity index (χ1) is 6.63. The summed E-state index contributed by atoms with van der Waals surface area (Å²) in [5.74, 6) is 1.25. The molecule has 0 fully saturated rings. The van der Waals surface area contributed by atoms with E-state index < -0.39 is 0 Å². The maximum absolute atomic E-state index is 9.65. The van der Waals surface area contributed by atoms with Gasteiger partial charge in [0.05, 0.1) is 0 Å². The first kappa shape index (κ1) is 9.13. The predicted octanol–water partition coefficient (Wildman–Crippen LogP) is 3.32. The molecule has 2 heteroatoms. The molecule has 0 aliphatic rings. The fourth-order valence-electron chi connectivity index (χ4n) is 1.71. The lowest BCUT2D eigenvalue weighted by atomic mass is 10.1. The van der Waals surface area contributed by atoms with Crippen molar-refractivity contribution in [1.82, 2.24) is 0 Å². The van der Waals surface area contributed by atoms with Crippen molar-refractivity contribution >= 4 is 11.0 Å². The molecule has 2 aromatic rings. The van der Waals surface area contributed by atoms with Gasteiger partial charge in [-0.1, -0.05) is 6.92 Å². The van der Waals surface area contributed by atoms with E-state index in [4.69, 9.17) is 4.42 Å². The Morgan fingerprint density at radius 3 is 2.64 bits per heavy atom. The van der Waals surface area contributed by atoms with Gasteiger partial charge in [0.15, 0.2) is 0 Å². The highest BCUT2D eigenvalue weighted by atomic mass is 16.3. The summed E-state index contributed by atoms with van der Waals surface area (Å²) in [4.78, 5) is 0. The van der Waals surface area contributed by atoms with Crippen LogP contribution < -0.4 is 0 Å². The van der Waals surface area contributed by atoms with Crippen LogP contribution in [-0.2, 0) is 6.42 Å².